The number of ether oxygens (including phenoxy) is 2. The van der Waals surface area contributed by atoms with E-state index in [9.17, 15) is 30.7 Å². The van der Waals surface area contributed by atoms with Gasteiger partial charge in [-0.3, -0.25) is 0 Å². The maximum absolute atomic E-state index is 15.1. The van der Waals surface area contributed by atoms with Gasteiger partial charge in [-0.1, -0.05) is 0 Å². The molecule has 4 aromatic carbocycles. The first kappa shape index (κ1) is 24.6. The third-order valence-electron chi connectivity index (χ3n) is 4.90. The molecular weight excluding hydrogens is 500 g/mol. The first-order chi connectivity index (χ1) is 17.0. The molecule has 0 saturated heterocycles. The van der Waals surface area contributed by atoms with Gasteiger partial charge < -0.3 is 20.9 Å². The average molecular weight is 512 g/mol. The fourth-order valence-corrected chi connectivity index (χ4v) is 3.15. The van der Waals surface area contributed by atoms with Gasteiger partial charge in [0.25, 0.3) is 0 Å². The number of anilines is 2. The van der Waals surface area contributed by atoms with Gasteiger partial charge in [0.2, 0.25) is 29.0 Å². The van der Waals surface area contributed by atoms with Crippen molar-refractivity contribution < 1.29 is 44.6 Å². The van der Waals surface area contributed by atoms with Gasteiger partial charge in [-0.05, 0) is 48.5 Å². The standard InChI is InChI=1S/C24H12F8N2O2/c25-15-14(18(28)23(22(32)19(15)29)35-11-5-1-9(33)2-6-11)13-16(26)20(30)24(21(31)17(13)27)36-12-7-3-10(34)4-8-12/h1-8H,33-34H2. The van der Waals surface area contributed by atoms with Crippen molar-refractivity contribution in [3.8, 4) is 34.1 Å². The molecule has 186 valence electrons. The van der Waals surface area contributed by atoms with Gasteiger partial charge in [0, 0.05) is 11.4 Å². The molecule has 0 spiro atoms. The summed E-state index contributed by atoms with van der Waals surface area (Å²) in [6.45, 7) is 0. The number of rotatable bonds is 5. The normalized spacial score (nSPS) is 11.0. The molecule has 0 aliphatic rings. The summed E-state index contributed by atoms with van der Waals surface area (Å²) in [7, 11) is 0. The quantitative estimate of drug-likeness (QED) is 0.128. The SMILES string of the molecule is Nc1ccc(Oc2c(F)c(F)c(-c3c(F)c(F)c(F)c(Oc4ccc(N)cc4)c3F)c(F)c2F)cc1. The highest BCUT2D eigenvalue weighted by Crippen LogP contribution is 2.43. The fraction of sp³-hybridized carbons (Fsp3) is 0. The second kappa shape index (κ2) is 9.29. The van der Waals surface area contributed by atoms with E-state index < -0.39 is 69.2 Å². The zero-order valence-corrected chi connectivity index (χ0v) is 17.6. The van der Waals surface area contributed by atoms with Crippen molar-refractivity contribution in [1.29, 1.82) is 0 Å². The van der Waals surface area contributed by atoms with Crippen molar-refractivity contribution in [1.82, 2.24) is 0 Å². The molecule has 4 rings (SSSR count). The minimum Gasteiger partial charge on any atom is -0.451 e. The molecular formula is C24H12F8N2O2. The van der Waals surface area contributed by atoms with E-state index in [4.69, 9.17) is 20.9 Å². The molecule has 0 amide bonds. The molecule has 0 aliphatic heterocycles. The minimum atomic E-state index is -2.46. The highest BCUT2D eigenvalue weighted by atomic mass is 19.2. The van der Waals surface area contributed by atoms with E-state index in [0.717, 1.165) is 24.3 Å². The van der Waals surface area contributed by atoms with Crippen LogP contribution in [0, 0.1) is 46.5 Å². The Balaban J connectivity index is 1.89. The summed E-state index contributed by atoms with van der Waals surface area (Å²) in [6, 6.07) is 9.40. The third-order valence-corrected chi connectivity index (χ3v) is 4.90. The Hall–Kier alpha value is -4.48. The molecule has 4 aromatic rings. The second-order valence-electron chi connectivity index (χ2n) is 7.26. The number of hydrogen-bond acceptors (Lipinski definition) is 4. The van der Waals surface area contributed by atoms with E-state index in [1.807, 2.05) is 0 Å². The molecule has 12 heteroatoms. The molecule has 0 heterocycles. The Morgan fingerprint density at radius 2 is 0.694 bits per heavy atom. The van der Waals surface area contributed by atoms with Crippen LogP contribution in [0.15, 0.2) is 48.5 Å². The molecule has 4 nitrogen and oxygen atoms in total. The molecule has 4 N–H and O–H groups in total. The lowest BCUT2D eigenvalue weighted by Crippen LogP contribution is -2.09. The molecule has 36 heavy (non-hydrogen) atoms. The number of halogens is 8. The third kappa shape index (κ3) is 4.21. The van der Waals surface area contributed by atoms with E-state index in [0.29, 0.717) is 0 Å². The van der Waals surface area contributed by atoms with Crippen molar-refractivity contribution in [2.24, 2.45) is 0 Å². The van der Waals surface area contributed by atoms with Gasteiger partial charge in [-0.15, -0.1) is 0 Å². The van der Waals surface area contributed by atoms with E-state index in [2.05, 4.69) is 0 Å². The van der Waals surface area contributed by atoms with Crippen molar-refractivity contribution in [2.75, 3.05) is 11.5 Å². The van der Waals surface area contributed by atoms with E-state index in [1.165, 1.54) is 24.3 Å². The van der Waals surface area contributed by atoms with Crippen LogP contribution < -0.4 is 20.9 Å². The Bertz CT molecular complexity index is 1450. The predicted octanol–water partition coefficient (Wildman–Crippen LogP) is 7.22. The first-order valence-electron chi connectivity index (χ1n) is 9.80. The summed E-state index contributed by atoms with van der Waals surface area (Å²) in [5, 5.41) is 0. The van der Waals surface area contributed by atoms with Crippen molar-refractivity contribution >= 4 is 11.4 Å². The van der Waals surface area contributed by atoms with Crippen LogP contribution in [0.1, 0.15) is 0 Å². The van der Waals surface area contributed by atoms with Crippen LogP contribution >= 0.6 is 0 Å². The molecule has 0 radical (unpaired) electrons. The van der Waals surface area contributed by atoms with E-state index >= 15 is 4.39 Å². The van der Waals surface area contributed by atoms with Gasteiger partial charge in [-0.25, -0.2) is 22.0 Å². The van der Waals surface area contributed by atoms with Gasteiger partial charge in [-0.2, -0.15) is 13.2 Å². The Morgan fingerprint density at radius 3 is 1.11 bits per heavy atom. The molecule has 0 bridgehead atoms. The molecule has 0 saturated carbocycles. The molecule has 0 fully saturated rings. The summed E-state index contributed by atoms with van der Waals surface area (Å²) in [5.41, 5.74) is 7.43. The second-order valence-corrected chi connectivity index (χ2v) is 7.26. The van der Waals surface area contributed by atoms with Gasteiger partial charge in [0.15, 0.2) is 29.1 Å². The lowest BCUT2D eigenvalue weighted by atomic mass is 10.0. The summed E-state index contributed by atoms with van der Waals surface area (Å²) < 4.78 is 127. The van der Waals surface area contributed by atoms with Crippen molar-refractivity contribution in [3.05, 3.63) is 95.1 Å². The molecule has 0 aliphatic carbocycles. The van der Waals surface area contributed by atoms with E-state index in [-0.39, 0.29) is 22.9 Å². The largest absolute Gasteiger partial charge is 0.451 e. The highest BCUT2D eigenvalue weighted by Gasteiger charge is 2.35. The number of benzene rings is 4. The highest BCUT2D eigenvalue weighted by molar-refractivity contribution is 5.70. The van der Waals surface area contributed by atoms with Crippen LogP contribution in [0.3, 0.4) is 0 Å². The van der Waals surface area contributed by atoms with Gasteiger partial charge in [0.05, 0.1) is 11.1 Å². The maximum atomic E-state index is 15.1. The monoisotopic (exact) mass is 512 g/mol. The lowest BCUT2D eigenvalue weighted by Gasteiger charge is -2.16. The summed E-state index contributed by atoms with van der Waals surface area (Å²) >= 11 is 0. The van der Waals surface area contributed by atoms with Gasteiger partial charge in [0.1, 0.15) is 11.5 Å². The number of nitrogen functional groups attached to an aromatic ring is 2. The van der Waals surface area contributed by atoms with Crippen molar-refractivity contribution in [2.45, 2.75) is 0 Å². The smallest absolute Gasteiger partial charge is 0.207 e. The summed E-state index contributed by atoms with van der Waals surface area (Å²) in [6.07, 6.45) is 0. The Kier molecular flexibility index (Phi) is 6.35. The zero-order valence-electron chi connectivity index (χ0n) is 17.6. The fourth-order valence-electron chi connectivity index (χ4n) is 3.15. The number of nitrogens with two attached hydrogens (primary N) is 2. The van der Waals surface area contributed by atoms with E-state index in [1.54, 1.807) is 0 Å². The first-order valence-corrected chi connectivity index (χ1v) is 9.80. The molecule has 0 aromatic heterocycles. The Labute approximate surface area is 197 Å². The Morgan fingerprint density at radius 1 is 0.389 bits per heavy atom. The summed E-state index contributed by atoms with van der Waals surface area (Å²) in [4.78, 5) is 0. The number of hydrogen-bond donors (Lipinski definition) is 2. The van der Waals surface area contributed by atoms with Crippen molar-refractivity contribution in [3.63, 3.8) is 0 Å². The van der Waals surface area contributed by atoms with Crippen LogP contribution in [0.2, 0.25) is 0 Å². The molecule has 0 atom stereocenters. The lowest BCUT2D eigenvalue weighted by molar-refractivity contribution is 0.361. The maximum Gasteiger partial charge on any atom is 0.207 e. The van der Waals surface area contributed by atoms with Crippen LogP contribution in [-0.2, 0) is 0 Å². The molecule has 0 unspecified atom stereocenters. The van der Waals surface area contributed by atoms with Crippen LogP contribution in [0.5, 0.6) is 23.0 Å². The van der Waals surface area contributed by atoms with Crippen LogP contribution in [-0.4, -0.2) is 0 Å². The summed E-state index contributed by atoms with van der Waals surface area (Å²) in [5.74, 6) is -22.2. The predicted molar refractivity (Wildman–Crippen MR) is 113 cm³/mol. The van der Waals surface area contributed by atoms with Gasteiger partial charge >= 0.3 is 0 Å². The minimum absolute atomic E-state index is 0.214. The van der Waals surface area contributed by atoms with Crippen LogP contribution in [0.25, 0.3) is 11.1 Å². The van der Waals surface area contributed by atoms with Crippen LogP contribution in [0.4, 0.5) is 46.5 Å². The average Bonchev–Trinajstić information content (AvgIpc) is 2.86. The topological polar surface area (TPSA) is 70.5 Å². The zero-order chi connectivity index (χ0) is 26.3.